The van der Waals surface area contributed by atoms with Crippen molar-refractivity contribution in [2.24, 2.45) is 0 Å². The Morgan fingerprint density at radius 3 is 2.48 bits per heavy atom. The van der Waals surface area contributed by atoms with Crippen molar-refractivity contribution in [2.75, 3.05) is 19.6 Å². The van der Waals surface area contributed by atoms with E-state index >= 15 is 0 Å². The quantitative estimate of drug-likeness (QED) is 0.735. The molecule has 2 atom stereocenters. The van der Waals surface area contributed by atoms with E-state index in [1.807, 2.05) is 24.8 Å². The van der Waals surface area contributed by atoms with Crippen molar-refractivity contribution in [2.45, 2.75) is 96.0 Å². The Hall–Kier alpha value is -1.93. The highest BCUT2D eigenvalue weighted by atomic mass is 16.3. The minimum Gasteiger partial charge on any atom is -0.392 e. The molecule has 0 spiro atoms. The van der Waals surface area contributed by atoms with E-state index in [1.54, 1.807) is 4.68 Å². The molecule has 1 saturated carbocycles. The Balaban J connectivity index is 1.30. The predicted molar refractivity (Wildman–Crippen MR) is 117 cm³/mol. The maximum Gasteiger partial charge on any atom is 0.244 e. The topological polar surface area (TPSA) is 90.7 Å². The van der Waals surface area contributed by atoms with Gasteiger partial charge in [0.2, 0.25) is 11.8 Å². The Morgan fingerprint density at radius 1 is 1.13 bits per heavy atom. The fraction of sp³-hybridized carbons (Fsp3) is 0.783. The molecule has 0 bridgehead atoms. The maximum absolute atomic E-state index is 13.0. The van der Waals surface area contributed by atoms with Crippen LogP contribution in [-0.4, -0.2) is 80.4 Å². The summed E-state index contributed by atoms with van der Waals surface area (Å²) in [6, 6.07) is 2.25. The Kier molecular flexibility index (Phi) is 6.96. The molecule has 2 aliphatic heterocycles. The van der Waals surface area contributed by atoms with E-state index in [0.29, 0.717) is 26.1 Å². The molecule has 1 aliphatic carbocycles. The van der Waals surface area contributed by atoms with Crippen LogP contribution in [0.15, 0.2) is 6.07 Å². The first-order chi connectivity index (χ1) is 14.9. The zero-order valence-corrected chi connectivity index (χ0v) is 18.9. The Labute approximate surface area is 185 Å². The third kappa shape index (κ3) is 5.29. The standard InChI is InChI=1S/C23H37N5O3/c1-16-12-17(2)28(25-16)15-22(30)26-10-8-19(9-11-26)27-14-20(29)13-21(27)23(31)24-18-6-4-3-5-7-18/h12,18-21,29H,3-11,13-15H2,1-2H3,(H,24,31)/t20-,21+/m1/s1. The largest absolute Gasteiger partial charge is 0.392 e. The minimum absolute atomic E-state index is 0.0754. The van der Waals surface area contributed by atoms with Gasteiger partial charge in [0, 0.05) is 37.4 Å². The van der Waals surface area contributed by atoms with E-state index in [2.05, 4.69) is 15.3 Å². The number of aryl methyl sites for hydroxylation is 2. The normalized spacial score (nSPS) is 26.4. The summed E-state index contributed by atoms with van der Waals surface area (Å²) < 4.78 is 1.77. The smallest absolute Gasteiger partial charge is 0.244 e. The molecule has 3 fully saturated rings. The van der Waals surface area contributed by atoms with Crippen LogP contribution >= 0.6 is 0 Å². The summed E-state index contributed by atoms with van der Waals surface area (Å²) in [7, 11) is 0. The molecule has 0 aromatic carbocycles. The summed E-state index contributed by atoms with van der Waals surface area (Å²) in [6.07, 6.45) is 7.50. The molecule has 3 heterocycles. The number of carbonyl (C=O) groups excluding carboxylic acids is 2. The molecule has 8 heteroatoms. The summed E-state index contributed by atoms with van der Waals surface area (Å²) >= 11 is 0. The van der Waals surface area contributed by atoms with Gasteiger partial charge < -0.3 is 15.3 Å². The molecule has 2 saturated heterocycles. The van der Waals surface area contributed by atoms with Gasteiger partial charge in [-0.1, -0.05) is 19.3 Å². The second-order valence-electron chi connectivity index (χ2n) is 9.64. The molecule has 172 valence electrons. The van der Waals surface area contributed by atoms with Crippen molar-refractivity contribution in [3.05, 3.63) is 17.5 Å². The highest BCUT2D eigenvalue weighted by Crippen LogP contribution is 2.27. The first-order valence-corrected chi connectivity index (χ1v) is 11.9. The zero-order chi connectivity index (χ0) is 22.0. The van der Waals surface area contributed by atoms with E-state index in [9.17, 15) is 14.7 Å². The van der Waals surface area contributed by atoms with Gasteiger partial charge in [0.05, 0.1) is 17.8 Å². The Bertz CT molecular complexity index is 780. The lowest BCUT2D eigenvalue weighted by molar-refractivity contribution is -0.135. The first-order valence-electron chi connectivity index (χ1n) is 11.9. The number of likely N-dealkylation sites (tertiary alicyclic amines) is 2. The van der Waals surface area contributed by atoms with Crippen molar-refractivity contribution >= 4 is 11.8 Å². The second kappa shape index (κ2) is 9.69. The molecular formula is C23H37N5O3. The monoisotopic (exact) mass is 431 g/mol. The summed E-state index contributed by atoms with van der Waals surface area (Å²) in [5.74, 6) is 0.171. The van der Waals surface area contributed by atoms with Gasteiger partial charge in [0.25, 0.3) is 0 Å². The minimum atomic E-state index is -0.451. The van der Waals surface area contributed by atoms with E-state index in [0.717, 1.165) is 37.1 Å². The van der Waals surface area contributed by atoms with Crippen molar-refractivity contribution in [1.82, 2.24) is 24.9 Å². The van der Waals surface area contributed by atoms with E-state index in [4.69, 9.17) is 0 Å². The summed E-state index contributed by atoms with van der Waals surface area (Å²) in [6.45, 7) is 6.10. The molecule has 1 aromatic rings. The number of aliphatic hydroxyl groups excluding tert-OH is 1. The van der Waals surface area contributed by atoms with Crippen LogP contribution in [-0.2, 0) is 16.1 Å². The molecule has 0 radical (unpaired) electrons. The van der Waals surface area contributed by atoms with E-state index in [-0.39, 0.29) is 36.5 Å². The number of rotatable bonds is 5. The van der Waals surface area contributed by atoms with Crippen molar-refractivity contribution in [3.63, 3.8) is 0 Å². The third-order valence-corrected chi connectivity index (χ3v) is 7.25. The second-order valence-corrected chi connectivity index (χ2v) is 9.64. The number of piperidine rings is 1. The van der Waals surface area contributed by atoms with E-state index < -0.39 is 6.10 Å². The summed E-state index contributed by atoms with van der Waals surface area (Å²) in [4.78, 5) is 29.8. The third-order valence-electron chi connectivity index (χ3n) is 7.25. The van der Waals surface area contributed by atoms with Gasteiger partial charge in [-0.15, -0.1) is 0 Å². The van der Waals surface area contributed by atoms with Crippen LogP contribution in [0.5, 0.6) is 0 Å². The number of nitrogens with zero attached hydrogens (tertiary/aromatic N) is 4. The number of hydrogen-bond acceptors (Lipinski definition) is 5. The maximum atomic E-state index is 13.0. The van der Waals surface area contributed by atoms with Gasteiger partial charge in [0.15, 0.2) is 0 Å². The van der Waals surface area contributed by atoms with Crippen LogP contribution in [0.25, 0.3) is 0 Å². The Morgan fingerprint density at radius 2 is 1.84 bits per heavy atom. The highest BCUT2D eigenvalue weighted by Gasteiger charge is 2.41. The van der Waals surface area contributed by atoms with Crippen LogP contribution in [0, 0.1) is 13.8 Å². The average molecular weight is 432 g/mol. The van der Waals surface area contributed by atoms with Crippen LogP contribution in [0.1, 0.15) is 62.8 Å². The van der Waals surface area contributed by atoms with Gasteiger partial charge in [-0.3, -0.25) is 19.2 Å². The van der Waals surface area contributed by atoms with Gasteiger partial charge >= 0.3 is 0 Å². The van der Waals surface area contributed by atoms with Crippen LogP contribution in [0.2, 0.25) is 0 Å². The van der Waals surface area contributed by atoms with Crippen molar-refractivity contribution in [3.8, 4) is 0 Å². The zero-order valence-electron chi connectivity index (χ0n) is 18.9. The lowest BCUT2D eigenvalue weighted by Gasteiger charge is -2.39. The van der Waals surface area contributed by atoms with Crippen LogP contribution in [0.3, 0.4) is 0 Å². The van der Waals surface area contributed by atoms with Gasteiger partial charge in [-0.05, 0) is 52.0 Å². The van der Waals surface area contributed by atoms with Crippen LogP contribution in [0.4, 0.5) is 0 Å². The van der Waals surface area contributed by atoms with Gasteiger partial charge in [0.1, 0.15) is 6.54 Å². The number of aliphatic hydroxyl groups is 1. The fourth-order valence-corrected chi connectivity index (χ4v) is 5.55. The number of nitrogens with one attached hydrogen (secondary N) is 1. The fourth-order valence-electron chi connectivity index (χ4n) is 5.55. The number of carbonyl (C=O) groups is 2. The average Bonchev–Trinajstić information content (AvgIpc) is 3.30. The SMILES string of the molecule is Cc1cc(C)n(CC(=O)N2CCC(N3C[C@H](O)C[C@H]3C(=O)NC3CCCCC3)CC2)n1. The first kappa shape index (κ1) is 22.3. The lowest BCUT2D eigenvalue weighted by Crippen LogP contribution is -2.53. The molecular weight excluding hydrogens is 394 g/mol. The molecule has 2 amide bonds. The molecule has 2 N–H and O–H groups in total. The van der Waals surface area contributed by atoms with Crippen LogP contribution < -0.4 is 5.32 Å². The number of aromatic nitrogens is 2. The molecule has 0 unspecified atom stereocenters. The predicted octanol–water partition coefficient (Wildman–Crippen LogP) is 1.38. The van der Waals surface area contributed by atoms with Gasteiger partial charge in [-0.2, -0.15) is 5.10 Å². The van der Waals surface area contributed by atoms with Gasteiger partial charge in [-0.25, -0.2) is 0 Å². The molecule has 1 aromatic heterocycles. The molecule has 4 rings (SSSR count). The number of amides is 2. The lowest BCUT2D eigenvalue weighted by atomic mass is 9.95. The molecule has 3 aliphatic rings. The van der Waals surface area contributed by atoms with Crippen molar-refractivity contribution < 1.29 is 14.7 Å². The van der Waals surface area contributed by atoms with Crippen molar-refractivity contribution in [1.29, 1.82) is 0 Å². The number of hydrogen-bond donors (Lipinski definition) is 2. The molecule has 31 heavy (non-hydrogen) atoms. The summed E-state index contributed by atoms with van der Waals surface area (Å²) in [5.41, 5.74) is 1.92. The van der Waals surface area contributed by atoms with E-state index in [1.165, 1.54) is 19.3 Å². The summed E-state index contributed by atoms with van der Waals surface area (Å²) in [5, 5.41) is 17.9. The molecule has 8 nitrogen and oxygen atoms in total. The highest BCUT2D eigenvalue weighted by molar-refractivity contribution is 5.82. The number of β-amino-alcohol motifs (C(OH)–C–C–N with tert-alkyl or cyclic N) is 1.